The Morgan fingerprint density at radius 2 is 1.60 bits per heavy atom. The highest BCUT2D eigenvalue weighted by Crippen LogP contribution is 2.44. The van der Waals surface area contributed by atoms with Gasteiger partial charge in [-0.2, -0.15) is 0 Å². The molecule has 4 rings (SSSR count). The number of alkyl carbamates (subject to hydrolysis) is 1. The van der Waals surface area contributed by atoms with Gasteiger partial charge in [-0.05, 0) is 42.0 Å². The lowest BCUT2D eigenvalue weighted by atomic mass is 9.94. The Balaban J connectivity index is 1.28. The van der Waals surface area contributed by atoms with Gasteiger partial charge in [-0.1, -0.05) is 73.9 Å². The number of carboxylic acid groups (broad SMARTS) is 1. The zero-order chi connectivity index (χ0) is 24.8. The maximum Gasteiger partial charge on any atom is 0.407 e. The predicted octanol–water partition coefficient (Wildman–Crippen LogP) is 4.62. The lowest BCUT2D eigenvalue weighted by Gasteiger charge is -2.23. The fourth-order valence-corrected chi connectivity index (χ4v) is 5.09. The SMILES string of the molecule is C/C(=C\CNC(=O)OCC1c2ccccc2-c2ccccc21)C(=O)N[C@@H]1CCCCC[C@@H]1C(=O)O. The molecule has 2 aliphatic rings. The van der Waals surface area contributed by atoms with Crippen LogP contribution in [0.15, 0.2) is 60.2 Å². The lowest BCUT2D eigenvalue weighted by Crippen LogP contribution is -2.43. The van der Waals surface area contributed by atoms with E-state index in [1.807, 2.05) is 24.3 Å². The number of hydrogen-bond donors (Lipinski definition) is 3. The number of hydrogen-bond acceptors (Lipinski definition) is 4. The van der Waals surface area contributed by atoms with E-state index >= 15 is 0 Å². The van der Waals surface area contributed by atoms with Crippen molar-refractivity contribution in [2.24, 2.45) is 5.92 Å². The minimum atomic E-state index is -0.865. The summed E-state index contributed by atoms with van der Waals surface area (Å²) in [5.74, 6) is -1.75. The molecule has 7 nitrogen and oxygen atoms in total. The molecule has 3 N–H and O–H groups in total. The quantitative estimate of drug-likeness (QED) is 0.400. The van der Waals surface area contributed by atoms with Crippen molar-refractivity contribution in [3.8, 4) is 11.1 Å². The van der Waals surface area contributed by atoms with E-state index in [-0.39, 0.29) is 31.0 Å². The number of aliphatic carboxylic acids is 1. The van der Waals surface area contributed by atoms with Crippen LogP contribution in [0.5, 0.6) is 0 Å². The Labute approximate surface area is 205 Å². The number of carbonyl (C=O) groups is 3. The fourth-order valence-electron chi connectivity index (χ4n) is 5.09. The second-order valence-corrected chi connectivity index (χ2v) is 9.26. The molecule has 184 valence electrons. The fraction of sp³-hybridized carbons (Fsp3) is 0.393. The van der Waals surface area contributed by atoms with Crippen LogP contribution in [0, 0.1) is 5.92 Å². The van der Waals surface area contributed by atoms with Gasteiger partial charge >= 0.3 is 12.1 Å². The van der Waals surface area contributed by atoms with Gasteiger partial charge in [-0.15, -0.1) is 0 Å². The first kappa shape index (κ1) is 24.5. The lowest BCUT2D eigenvalue weighted by molar-refractivity contribution is -0.143. The molecule has 2 atom stereocenters. The van der Waals surface area contributed by atoms with Crippen molar-refractivity contribution in [1.82, 2.24) is 10.6 Å². The second-order valence-electron chi connectivity index (χ2n) is 9.26. The first-order chi connectivity index (χ1) is 17.0. The summed E-state index contributed by atoms with van der Waals surface area (Å²) in [4.78, 5) is 36.5. The smallest absolute Gasteiger partial charge is 0.407 e. The topological polar surface area (TPSA) is 105 Å². The third-order valence-electron chi connectivity index (χ3n) is 7.01. The monoisotopic (exact) mass is 476 g/mol. The molecule has 2 amide bonds. The summed E-state index contributed by atoms with van der Waals surface area (Å²) in [6.07, 6.45) is 5.05. The van der Waals surface area contributed by atoms with E-state index in [0.717, 1.165) is 30.4 Å². The third kappa shape index (κ3) is 5.73. The summed E-state index contributed by atoms with van der Waals surface area (Å²) in [5, 5.41) is 15.0. The average molecular weight is 477 g/mol. The van der Waals surface area contributed by atoms with Crippen molar-refractivity contribution in [3.05, 3.63) is 71.3 Å². The highest BCUT2D eigenvalue weighted by Gasteiger charge is 2.31. The molecular weight excluding hydrogens is 444 g/mol. The van der Waals surface area contributed by atoms with E-state index in [2.05, 4.69) is 34.9 Å². The van der Waals surface area contributed by atoms with Gasteiger partial charge in [0.15, 0.2) is 0 Å². The number of rotatable bonds is 7. The molecule has 0 heterocycles. The van der Waals surface area contributed by atoms with E-state index in [1.54, 1.807) is 13.0 Å². The Morgan fingerprint density at radius 3 is 2.26 bits per heavy atom. The molecule has 0 saturated heterocycles. The Hall–Kier alpha value is -3.61. The van der Waals surface area contributed by atoms with Crippen LogP contribution in [0.3, 0.4) is 0 Å². The highest BCUT2D eigenvalue weighted by atomic mass is 16.5. The highest BCUT2D eigenvalue weighted by molar-refractivity contribution is 5.93. The normalized spacial score (nSPS) is 19.7. The number of benzene rings is 2. The average Bonchev–Trinajstić information content (AvgIpc) is 2.98. The van der Waals surface area contributed by atoms with Crippen LogP contribution in [-0.2, 0) is 14.3 Å². The van der Waals surface area contributed by atoms with Gasteiger partial charge < -0.3 is 20.5 Å². The Bertz CT molecular complexity index is 1080. The summed E-state index contributed by atoms with van der Waals surface area (Å²) in [7, 11) is 0. The van der Waals surface area contributed by atoms with Crippen LogP contribution in [0.2, 0.25) is 0 Å². The zero-order valence-electron chi connectivity index (χ0n) is 20.0. The Kier molecular flexibility index (Phi) is 7.85. The second kappa shape index (κ2) is 11.2. The largest absolute Gasteiger partial charge is 0.481 e. The first-order valence-corrected chi connectivity index (χ1v) is 12.2. The van der Waals surface area contributed by atoms with E-state index in [9.17, 15) is 19.5 Å². The molecule has 0 aromatic heterocycles. The van der Waals surface area contributed by atoms with Gasteiger partial charge in [0.2, 0.25) is 5.91 Å². The van der Waals surface area contributed by atoms with Gasteiger partial charge in [-0.3, -0.25) is 9.59 Å². The van der Waals surface area contributed by atoms with Crippen LogP contribution in [0.1, 0.15) is 56.1 Å². The number of amides is 2. The van der Waals surface area contributed by atoms with Crippen molar-refractivity contribution in [2.45, 2.75) is 51.0 Å². The zero-order valence-corrected chi connectivity index (χ0v) is 20.0. The van der Waals surface area contributed by atoms with Gasteiger partial charge in [-0.25, -0.2) is 4.79 Å². The van der Waals surface area contributed by atoms with E-state index in [4.69, 9.17) is 4.74 Å². The summed E-state index contributed by atoms with van der Waals surface area (Å²) in [6.45, 7) is 2.02. The van der Waals surface area contributed by atoms with Crippen molar-refractivity contribution in [3.63, 3.8) is 0 Å². The standard InChI is InChI=1S/C28H32N2O5/c1-18(26(31)30-25-14-4-2-3-13-23(25)27(32)33)15-16-29-28(34)35-17-24-21-11-7-5-9-19(21)20-10-6-8-12-22(20)24/h5-12,15,23-25H,2-4,13-14,16-17H2,1H3,(H,29,34)(H,30,31)(H,32,33)/b18-15+/t23-,25+/m0/s1. The molecule has 7 heteroatoms. The van der Waals surface area contributed by atoms with Crippen molar-refractivity contribution in [1.29, 1.82) is 0 Å². The van der Waals surface area contributed by atoms with Crippen LogP contribution < -0.4 is 10.6 Å². The van der Waals surface area contributed by atoms with Crippen molar-refractivity contribution in [2.75, 3.05) is 13.2 Å². The van der Waals surface area contributed by atoms with Gasteiger partial charge in [0, 0.05) is 24.1 Å². The van der Waals surface area contributed by atoms with Crippen LogP contribution in [-0.4, -0.2) is 42.3 Å². The maximum atomic E-state index is 12.6. The molecule has 0 spiro atoms. The number of carbonyl (C=O) groups excluding carboxylic acids is 2. The first-order valence-electron chi connectivity index (χ1n) is 12.2. The molecule has 1 saturated carbocycles. The molecule has 2 aliphatic carbocycles. The van der Waals surface area contributed by atoms with Crippen molar-refractivity contribution < 1.29 is 24.2 Å². The molecule has 0 radical (unpaired) electrons. The molecule has 0 bridgehead atoms. The molecule has 2 aromatic carbocycles. The van der Waals surface area contributed by atoms with E-state index < -0.39 is 18.0 Å². The third-order valence-corrected chi connectivity index (χ3v) is 7.01. The summed E-state index contributed by atoms with van der Waals surface area (Å²) >= 11 is 0. The van der Waals surface area contributed by atoms with Gasteiger partial charge in [0.05, 0.1) is 5.92 Å². The number of fused-ring (bicyclic) bond motifs is 3. The van der Waals surface area contributed by atoms with Gasteiger partial charge in [0.1, 0.15) is 6.61 Å². The molecule has 0 aliphatic heterocycles. The van der Waals surface area contributed by atoms with Crippen molar-refractivity contribution >= 4 is 18.0 Å². The predicted molar refractivity (Wildman–Crippen MR) is 133 cm³/mol. The van der Waals surface area contributed by atoms with Gasteiger partial charge in [0.25, 0.3) is 0 Å². The molecule has 0 unspecified atom stereocenters. The molecule has 35 heavy (non-hydrogen) atoms. The molecular formula is C28H32N2O5. The number of carboxylic acids is 1. The molecule has 1 fully saturated rings. The van der Waals surface area contributed by atoms with Crippen LogP contribution >= 0.6 is 0 Å². The number of ether oxygens (including phenoxy) is 1. The summed E-state index contributed by atoms with van der Waals surface area (Å²) in [6, 6.07) is 15.9. The van der Waals surface area contributed by atoms with E-state index in [0.29, 0.717) is 18.4 Å². The van der Waals surface area contributed by atoms with Crippen LogP contribution in [0.25, 0.3) is 11.1 Å². The minimum Gasteiger partial charge on any atom is -0.481 e. The maximum absolute atomic E-state index is 12.6. The summed E-state index contributed by atoms with van der Waals surface area (Å²) < 4.78 is 5.51. The Morgan fingerprint density at radius 1 is 0.971 bits per heavy atom. The number of nitrogens with one attached hydrogen (secondary N) is 2. The summed E-state index contributed by atoms with van der Waals surface area (Å²) in [5.41, 5.74) is 5.05. The minimum absolute atomic E-state index is 0.0158. The van der Waals surface area contributed by atoms with E-state index in [1.165, 1.54) is 11.1 Å². The molecule has 2 aromatic rings. The van der Waals surface area contributed by atoms with Crippen LogP contribution in [0.4, 0.5) is 4.79 Å².